The summed E-state index contributed by atoms with van der Waals surface area (Å²) in [6.07, 6.45) is 1.29. The number of amides is 2. The van der Waals surface area contributed by atoms with Crippen molar-refractivity contribution in [2.75, 3.05) is 6.54 Å². The van der Waals surface area contributed by atoms with Crippen molar-refractivity contribution in [2.45, 2.75) is 45.6 Å². The molecule has 0 fully saturated rings. The van der Waals surface area contributed by atoms with Gasteiger partial charge >= 0.3 is 0 Å². The quantitative estimate of drug-likeness (QED) is 0.734. The Bertz CT molecular complexity index is 821. The zero-order valence-electron chi connectivity index (χ0n) is 14.8. The predicted molar refractivity (Wildman–Crippen MR) is 96.2 cm³/mol. The maximum absolute atomic E-state index is 12.0. The van der Waals surface area contributed by atoms with Gasteiger partial charge in [-0.2, -0.15) is 0 Å². The Morgan fingerprint density at radius 2 is 1.88 bits per heavy atom. The van der Waals surface area contributed by atoms with Crippen molar-refractivity contribution in [2.24, 2.45) is 0 Å². The number of fused-ring (bicyclic) bond motifs is 1. The minimum absolute atomic E-state index is 0.0405. The Labute approximate surface area is 146 Å². The topological polar surface area (TPSA) is 104 Å². The van der Waals surface area contributed by atoms with Gasteiger partial charge in [-0.3, -0.25) is 14.4 Å². The number of carbonyl (C=O) groups is 2. The fourth-order valence-electron chi connectivity index (χ4n) is 2.40. The summed E-state index contributed by atoms with van der Waals surface area (Å²) in [4.78, 5) is 42.5. The molecule has 134 valence electrons. The molecule has 0 aliphatic heterocycles. The summed E-state index contributed by atoms with van der Waals surface area (Å²) >= 11 is 0. The van der Waals surface area contributed by atoms with E-state index in [1.54, 1.807) is 18.2 Å². The van der Waals surface area contributed by atoms with Crippen molar-refractivity contribution in [3.05, 3.63) is 40.4 Å². The van der Waals surface area contributed by atoms with Crippen molar-refractivity contribution < 1.29 is 9.59 Å². The molecule has 7 heteroatoms. The van der Waals surface area contributed by atoms with Crippen LogP contribution in [0.3, 0.4) is 0 Å². The first-order valence-electron chi connectivity index (χ1n) is 8.30. The molecule has 2 amide bonds. The SMILES string of the molecule is CC(C)(C)NC(=O)CNC(=O)CCCc1nc2ccccc2c(=O)[nH]1. The number of H-pyrrole nitrogens is 1. The Kier molecular flexibility index (Phi) is 5.90. The number of para-hydroxylation sites is 1. The lowest BCUT2D eigenvalue weighted by atomic mass is 10.1. The molecule has 25 heavy (non-hydrogen) atoms. The van der Waals surface area contributed by atoms with E-state index in [-0.39, 0.29) is 35.9 Å². The number of aromatic amines is 1. The first kappa shape index (κ1) is 18.6. The summed E-state index contributed by atoms with van der Waals surface area (Å²) in [6, 6.07) is 7.13. The van der Waals surface area contributed by atoms with Crippen LogP contribution in [0.4, 0.5) is 0 Å². The van der Waals surface area contributed by atoms with Crippen molar-refractivity contribution in [1.29, 1.82) is 0 Å². The minimum Gasteiger partial charge on any atom is -0.350 e. The van der Waals surface area contributed by atoms with Gasteiger partial charge in [0, 0.05) is 18.4 Å². The van der Waals surface area contributed by atoms with E-state index in [1.165, 1.54) is 0 Å². The number of nitrogens with zero attached hydrogens (tertiary/aromatic N) is 1. The molecule has 0 radical (unpaired) electrons. The Morgan fingerprint density at radius 3 is 2.60 bits per heavy atom. The van der Waals surface area contributed by atoms with Crippen molar-refractivity contribution in [3.8, 4) is 0 Å². The van der Waals surface area contributed by atoms with Crippen LogP contribution in [0, 0.1) is 0 Å². The van der Waals surface area contributed by atoms with E-state index in [2.05, 4.69) is 20.6 Å². The highest BCUT2D eigenvalue weighted by molar-refractivity contribution is 5.85. The summed E-state index contributed by atoms with van der Waals surface area (Å²) in [7, 11) is 0. The molecule has 0 saturated heterocycles. The monoisotopic (exact) mass is 344 g/mol. The molecule has 2 aromatic rings. The fraction of sp³-hybridized carbons (Fsp3) is 0.444. The third kappa shape index (κ3) is 6.02. The van der Waals surface area contributed by atoms with Gasteiger partial charge in [-0.05, 0) is 39.3 Å². The van der Waals surface area contributed by atoms with E-state index >= 15 is 0 Å². The fourth-order valence-corrected chi connectivity index (χ4v) is 2.40. The molecule has 0 aliphatic rings. The summed E-state index contributed by atoms with van der Waals surface area (Å²) < 4.78 is 0. The highest BCUT2D eigenvalue weighted by atomic mass is 16.2. The summed E-state index contributed by atoms with van der Waals surface area (Å²) in [5, 5.41) is 5.92. The van der Waals surface area contributed by atoms with Gasteiger partial charge in [0.15, 0.2) is 0 Å². The molecule has 1 aromatic heterocycles. The average molecular weight is 344 g/mol. The van der Waals surface area contributed by atoms with Crippen LogP contribution in [0.5, 0.6) is 0 Å². The van der Waals surface area contributed by atoms with Crippen molar-refractivity contribution in [1.82, 2.24) is 20.6 Å². The molecule has 0 aliphatic carbocycles. The molecule has 0 saturated carbocycles. The van der Waals surface area contributed by atoms with E-state index in [0.29, 0.717) is 29.6 Å². The second-order valence-corrected chi connectivity index (χ2v) is 6.96. The van der Waals surface area contributed by atoms with Crippen LogP contribution in [-0.4, -0.2) is 33.9 Å². The third-order valence-electron chi connectivity index (χ3n) is 3.44. The second kappa shape index (κ2) is 7.92. The van der Waals surface area contributed by atoms with Crippen molar-refractivity contribution >= 4 is 22.7 Å². The smallest absolute Gasteiger partial charge is 0.258 e. The van der Waals surface area contributed by atoms with Crippen molar-refractivity contribution in [3.63, 3.8) is 0 Å². The van der Waals surface area contributed by atoms with Gasteiger partial charge in [0.1, 0.15) is 5.82 Å². The van der Waals surface area contributed by atoms with Crippen LogP contribution in [-0.2, 0) is 16.0 Å². The number of rotatable bonds is 6. The number of hydrogen-bond donors (Lipinski definition) is 3. The van der Waals surface area contributed by atoms with Gasteiger partial charge in [-0.1, -0.05) is 12.1 Å². The van der Waals surface area contributed by atoms with Crippen LogP contribution in [0.25, 0.3) is 10.9 Å². The van der Waals surface area contributed by atoms with Crippen LogP contribution in [0.15, 0.2) is 29.1 Å². The lowest BCUT2D eigenvalue weighted by Crippen LogP contribution is -2.45. The van der Waals surface area contributed by atoms with Crippen LogP contribution in [0.2, 0.25) is 0 Å². The Morgan fingerprint density at radius 1 is 1.16 bits per heavy atom. The van der Waals surface area contributed by atoms with Gasteiger partial charge in [0.05, 0.1) is 17.4 Å². The van der Waals surface area contributed by atoms with Gasteiger partial charge in [0.2, 0.25) is 11.8 Å². The van der Waals surface area contributed by atoms with Crippen LogP contribution < -0.4 is 16.2 Å². The second-order valence-electron chi connectivity index (χ2n) is 6.96. The lowest BCUT2D eigenvalue weighted by Gasteiger charge is -2.20. The molecule has 0 unspecified atom stereocenters. The first-order chi connectivity index (χ1) is 11.7. The average Bonchev–Trinajstić information content (AvgIpc) is 2.51. The highest BCUT2D eigenvalue weighted by Crippen LogP contribution is 2.07. The molecule has 2 rings (SSSR count). The standard InChI is InChI=1S/C18H24N4O3/c1-18(2,3)22-16(24)11-19-15(23)10-6-9-14-20-13-8-5-4-7-12(13)17(25)21-14/h4-5,7-8H,6,9-11H2,1-3H3,(H,19,23)(H,22,24)(H,20,21,25). The zero-order valence-corrected chi connectivity index (χ0v) is 14.8. The highest BCUT2D eigenvalue weighted by Gasteiger charge is 2.14. The number of carbonyl (C=O) groups excluding carboxylic acids is 2. The van der Waals surface area contributed by atoms with E-state index in [0.717, 1.165) is 0 Å². The third-order valence-corrected chi connectivity index (χ3v) is 3.44. The maximum Gasteiger partial charge on any atom is 0.258 e. The largest absolute Gasteiger partial charge is 0.350 e. The summed E-state index contributed by atoms with van der Waals surface area (Å²) in [5.74, 6) is 0.135. The molecule has 7 nitrogen and oxygen atoms in total. The summed E-state index contributed by atoms with van der Waals surface area (Å²) in [6.45, 7) is 5.60. The van der Waals surface area contributed by atoms with Gasteiger partial charge < -0.3 is 15.6 Å². The Balaban J connectivity index is 1.80. The van der Waals surface area contributed by atoms with Crippen LogP contribution >= 0.6 is 0 Å². The molecule has 1 heterocycles. The normalized spacial score (nSPS) is 11.3. The van der Waals surface area contributed by atoms with E-state index in [9.17, 15) is 14.4 Å². The summed E-state index contributed by atoms with van der Waals surface area (Å²) in [5.41, 5.74) is 0.142. The molecule has 3 N–H and O–H groups in total. The minimum atomic E-state index is -0.324. The predicted octanol–water partition coefficient (Wildman–Crippen LogP) is 1.28. The molecule has 0 spiro atoms. The van der Waals surface area contributed by atoms with Gasteiger partial charge in [-0.15, -0.1) is 0 Å². The van der Waals surface area contributed by atoms with Gasteiger partial charge in [0.25, 0.3) is 5.56 Å². The maximum atomic E-state index is 12.0. The zero-order chi connectivity index (χ0) is 18.4. The van der Waals surface area contributed by atoms with E-state index < -0.39 is 0 Å². The van der Waals surface area contributed by atoms with E-state index in [4.69, 9.17) is 0 Å². The first-order valence-corrected chi connectivity index (χ1v) is 8.30. The molecule has 1 aromatic carbocycles. The Hall–Kier alpha value is -2.70. The number of aromatic nitrogens is 2. The number of nitrogens with one attached hydrogen (secondary N) is 3. The number of aryl methyl sites for hydroxylation is 1. The molecular weight excluding hydrogens is 320 g/mol. The number of benzene rings is 1. The molecule has 0 bridgehead atoms. The van der Waals surface area contributed by atoms with E-state index in [1.807, 2.05) is 26.8 Å². The molecule has 0 atom stereocenters. The number of hydrogen-bond acceptors (Lipinski definition) is 4. The lowest BCUT2D eigenvalue weighted by molar-refractivity contribution is -0.126. The molecular formula is C18H24N4O3. The van der Waals surface area contributed by atoms with Gasteiger partial charge in [-0.25, -0.2) is 4.98 Å². The van der Waals surface area contributed by atoms with Crippen LogP contribution in [0.1, 0.15) is 39.4 Å².